The molecule has 0 aliphatic carbocycles. The van der Waals surface area contributed by atoms with E-state index in [0.29, 0.717) is 9.84 Å². The summed E-state index contributed by atoms with van der Waals surface area (Å²) in [6.07, 6.45) is 2.56. The molecule has 0 nitrogen and oxygen atoms in total. The standard InChI is InChI=1S/C13H19I/c1-4-5-10(2)12-6-8-13(9-7-12)11(3)14/h6-11H,4-5H2,1-3H3. The Balaban J connectivity index is 2.72. The lowest BCUT2D eigenvalue weighted by molar-refractivity contribution is 0.664. The van der Waals surface area contributed by atoms with Gasteiger partial charge in [-0.1, -0.05) is 67.1 Å². The molecule has 0 aromatic heterocycles. The van der Waals surface area contributed by atoms with Gasteiger partial charge in [-0.3, -0.25) is 0 Å². The van der Waals surface area contributed by atoms with Gasteiger partial charge < -0.3 is 0 Å². The number of halogens is 1. The first-order chi connectivity index (χ1) is 6.65. The van der Waals surface area contributed by atoms with Crippen LogP contribution in [-0.4, -0.2) is 0 Å². The van der Waals surface area contributed by atoms with Crippen LogP contribution in [0.2, 0.25) is 0 Å². The smallest absolute Gasteiger partial charge is 0.0331 e. The number of hydrogen-bond donors (Lipinski definition) is 0. The molecule has 1 rings (SSSR count). The molecule has 1 aromatic carbocycles. The first-order valence-electron chi connectivity index (χ1n) is 5.39. The van der Waals surface area contributed by atoms with E-state index < -0.39 is 0 Å². The van der Waals surface area contributed by atoms with Crippen LogP contribution in [0.25, 0.3) is 0 Å². The van der Waals surface area contributed by atoms with Crippen molar-refractivity contribution in [2.24, 2.45) is 0 Å². The number of hydrogen-bond acceptors (Lipinski definition) is 0. The van der Waals surface area contributed by atoms with Crippen molar-refractivity contribution in [3.63, 3.8) is 0 Å². The van der Waals surface area contributed by atoms with Crippen LogP contribution < -0.4 is 0 Å². The van der Waals surface area contributed by atoms with E-state index in [1.54, 1.807) is 0 Å². The summed E-state index contributed by atoms with van der Waals surface area (Å²) in [4.78, 5) is 0. The highest BCUT2D eigenvalue weighted by molar-refractivity contribution is 14.1. The molecule has 0 heterocycles. The van der Waals surface area contributed by atoms with E-state index >= 15 is 0 Å². The van der Waals surface area contributed by atoms with Gasteiger partial charge in [0, 0.05) is 3.92 Å². The topological polar surface area (TPSA) is 0 Å². The molecule has 1 aromatic rings. The molecular formula is C13H19I. The predicted octanol–water partition coefficient (Wildman–Crippen LogP) is 5.09. The van der Waals surface area contributed by atoms with Crippen molar-refractivity contribution in [2.75, 3.05) is 0 Å². The van der Waals surface area contributed by atoms with Gasteiger partial charge in [0.1, 0.15) is 0 Å². The van der Waals surface area contributed by atoms with Crippen LogP contribution in [0.15, 0.2) is 24.3 Å². The molecular weight excluding hydrogens is 283 g/mol. The normalized spacial score (nSPS) is 15.1. The van der Waals surface area contributed by atoms with Crippen LogP contribution in [0.4, 0.5) is 0 Å². The summed E-state index contributed by atoms with van der Waals surface area (Å²) in [5.41, 5.74) is 2.91. The zero-order valence-electron chi connectivity index (χ0n) is 9.26. The summed E-state index contributed by atoms with van der Waals surface area (Å²) in [6.45, 7) is 6.79. The highest BCUT2D eigenvalue weighted by Gasteiger charge is 2.05. The lowest BCUT2D eigenvalue weighted by Gasteiger charge is -2.11. The van der Waals surface area contributed by atoms with E-state index in [1.165, 1.54) is 24.0 Å². The van der Waals surface area contributed by atoms with Crippen molar-refractivity contribution < 1.29 is 0 Å². The Hall–Kier alpha value is -0.0500. The second kappa shape index (κ2) is 5.74. The number of rotatable bonds is 4. The van der Waals surface area contributed by atoms with Crippen LogP contribution in [0.5, 0.6) is 0 Å². The van der Waals surface area contributed by atoms with Gasteiger partial charge in [-0.15, -0.1) is 0 Å². The number of benzene rings is 1. The van der Waals surface area contributed by atoms with Crippen molar-refractivity contribution in [3.8, 4) is 0 Å². The molecule has 14 heavy (non-hydrogen) atoms. The summed E-state index contributed by atoms with van der Waals surface area (Å²) in [5.74, 6) is 0.707. The van der Waals surface area contributed by atoms with E-state index in [0.717, 1.165) is 0 Å². The summed E-state index contributed by atoms with van der Waals surface area (Å²) in [5, 5.41) is 0. The van der Waals surface area contributed by atoms with Crippen LogP contribution in [0.1, 0.15) is 54.6 Å². The molecule has 0 spiro atoms. The molecule has 78 valence electrons. The van der Waals surface area contributed by atoms with E-state index in [1.807, 2.05) is 0 Å². The summed E-state index contributed by atoms with van der Waals surface area (Å²) >= 11 is 2.45. The minimum atomic E-state index is 0.614. The van der Waals surface area contributed by atoms with Crippen molar-refractivity contribution in [3.05, 3.63) is 35.4 Å². The van der Waals surface area contributed by atoms with Crippen LogP contribution in [0, 0.1) is 0 Å². The molecule has 0 aliphatic heterocycles. The molecule has 0 bridgehead atoms. The summed E-state index contributed by atoms with van der Waals surface area (Å²) in [7, 11) is 0. The van der Waals surface area contributed by atoms with Crippen LogP contribution >= 0.6 is 22.6 Å². The van der Waals surface area contributed by atoms with E-state index in [2.05, 4.69) is 67.6 Å². The average Bonchev–Trinajstić information content (AvgIpc) is 2.18. The van der Waals surface area contributed by atoms with Gasteiger partial charge in [0.15, 0.2) is 0 Å². The molecule has 0 saturated heterocycles. The highest BCUT2D eigenvalue weighted by atomic mass is 127. The Morgan fingerprint density at radius 3 is 2.00 bits per heavy atom. The largest absolute Gasteiger partial charge is 0.0777 e. The maximum Gasteiger partial charge on any atom is 0.0331 e. The molecule has 2 atom stereocenters. The SMILES string of the molecule is CCCC(C)c1ccc(C(C)I)cc1. The minimum Gasteiger partial charge on any atom is -0.0777 e. The van der Waals surface area contributed by atoms with Crippen molar-refractivity contribution in [1.29, 1.82) is 0 Å². The molecule has 0 radical (unpaired) electrons. The predicted molar refractivity (Wildman–Crippen MR) is 72.2 cm³/mol. The Morgan fingerprint density at radius 1 is 1.07 bits per heavy atom. The maximum atomic E-state index is 2.45. The first-order valence-corrected chi connectivity index (χ1v) is 6.63. The van der Waals surface area contributed by atoms with Crippen molar-refractivity contribution in [2.45, 2.75) is 43.5 Å². The van der Waals surface area contributed by atoms with Gasteiger partial charge in [-0.2, -0.15) is 0 Å². The van der Waals surface area contributed by atoms with Gasteiger partial charge in [-0.25, -0.2) is 0 Å². The molecule has 2 unspecified atom stereocenters. The van der Waals surface area contributed by atoms with Crippen molar-refractivity contribution in [1.82, 2.24) is 0 Å². The van der Waals surface area contributed by atoms with E-state index in [9.17, 15) is 0 Å². The molecule has 0 saturated carbocycles. The Labute approximate surface area is 101 Å². The van der Waals surface area contributed by atoms with E-state index in [-0.39, 0.29) is 0 Å². The van der Waals surface area contributed by atoms with Gasteiger partial charge in [-0.05, 0) is 30.4 Å². The molecule has 0 amide bonds. The van der Waals surface area contributed by atoms with Crippen molar-refractivity contribution >= 4 is 22.6 Å². The molecule has 0 fully saturated rings. The highest BCUT2D eigenvalue weighted by Crippen LogP contribution is 2.25. The van der Waals surface area contributed by atoms with E-state index in [4.69, 9.17) is 0 Å². The number of alkyl halides is 1. The quantitative estimate of drug-likeness (QED) is 0.537. The van der Waals surface area contributed by atoms with Gasteiger partial charge in [0.05, 0.1) is 0 Å². The molecule has 1 heteroatoms. The first kappa shape index (κ1) is 12.0. The van der Waals surface area contributed by atoms with Gasteiger partial charge >= 0.3 is 0 Å². The molecule has 0 aliphatic rings. The Bertz CT molecular complexity index is 261. The third kappa shape index (κ3) is 3.26. The second-order valence-corrected chi connectivity index (χ2v) is 5.84. The summed E-state index contributed by atoms with van der Waals surface area (Å²) in [6, 6.07) is 9.09. The van der Waals surface area contributed by atoms with Gasteiger partial charge in [0.2, 0.25) is 0 Å². The maximum absolute atomic E-state index is 2.45. The lowest BCUT2D eigenvalue weighted by Crippen LogP contribution is -1.93. The third-order valence-corrected chi connectivity index (χ3v) is 3.41. The Morgan fingerprint density at radius 2 is 1.57 bits per heavy atom. The fraction of sp³-hybridized carbons (Fsp3) is 0.538. The monoisotopic (exact) mass is 302 g/mol. The third-order valence-electron chi connectivity index (χ3n) is 2.69. The minimum absolute atomic E-state index is 0.614. The average molecular weight is 302 g/mol. The molecule has 0 N–H and O–H groups in total. The second-order valence-electron chi connectivity index (χ2n) is 3.97. The fourth-order valence-electron chi connectivity index (χ4n) is 1.69. The fourth-order valence-corrected chi connectivity index (χ4v) is 2.10. The summed E-state index contributed by atoms with van der Waals surface area (Å²) < 4.78 is 0.614. The lowest BCUT2D eigenvalue weighted by atomic mass is 9.95. The zero-order chi connectivity index (χ0) is 10.6. The van der Waals surface area contributed by atoms with Crippen LogP contribution in [-0.2, 0) is 0 Å². The Kier molecular flexibility index (Phi) is 4.93. The van der Waals surface area contributed by atoms with Crippen LogP contribution in [0.3, 0.4) is 0 Å². The zero-order valence-corrected chi connectivity index (χ0v) is 11.4. The van der Waals surface area contributed by atoms with Gasteiger partial charge in [0.25, 0.3) is 0 Å².